The second-order valence-corrected chi connectivity index (χ2v) is 7.30. The number of hydrazone groups is 1. The van der Waals surface area contributed by atoms with Crippen LogP contribution in [0.2, 0.25) is 5.02 Å². The Labute approximate surface area is 156 Å². The van der Waals surface area contributed by atoms with Crippen LogP contribution < -0.4 is 0 Å². The summed E-state index contributed by atoms with van der Waals surface area (Å²) in [5.74, 6) is -0.0175. The van der Waals surface area contributed by atoms with Crippen LogP contribution in [0.15, 0.2) is 66.5 Å². The number of furan rings is 1. The zero-order chi connectivity index (χ0) is 17.4. The lowest BCUT2D eigenvalue weighted by atomic mass is 10.1. The van der Waals surface area contributed by atoms with Gasteiger partial charge in [-0.1, -0.05) is 23.4 Å². The van der Waals surface area contributed by atoms with Crippen molar-refractivity contribution in [2.24, 2.45) is 10.1 Å². The van der Waals surface area contributed by atoms with Gasteiger partial charge in [0.25, 0.3) is 5.91 Å². The van der Waals surface area contributed by atoms with Gasteiger partial charge in [-0.05, 0) is 54.2 Å². The number of hydrogen-bond donors (Lipinski definition) is 1. The number of amides is 1. The SMILES string of the molecule is N=C1/C(=C\c2ccc(Sc3ccc(Cl)cc3)o2)C(=O)N=C2SC=NN12. The molecule has 0 saturated heterocycles. The molecule has 0 atom stereocenters. The average molecular weight is 389 g/mol. The van der Waals surface area contributed by atoms with Gasteiger partial charge in [-0.15, -0.1) is 0 Å². The van der Waals surface area contributed by atoms with Gasteiger partial charge < -0.3 is 4.42 Å². The molecule has 0 spiro atoms. The summed E-state index contributed by atoms with van der Waals surface area (Å²) >= 11 is 8.52. The predicted molar refractivity (Wildman–Crippen MR) is 100 cm³/mol. The highest BCUT2D eigenvalue weighted by Gasteiger charge is 2.32. The summed E-state index contributed by atoms with van der Waals surface area (Å²) in [5, 5.41) is 15.2. The smallest absolute Gasteiger partial charge is 0.283 e. The van der Waals surface area contributed by atoms with Crippen molar-refractivity contribution in [3.63, 3.8) is 0 Å². The van der Waals surface area contributed by atoms with Gasteiger partial charge in [0, 0.05) is 9.92 Å². The summed E-state index contributed by atoms with van der Waals surface area (Å²) in [7, 11) is 0. The highest BCUT2D eigenvalue weighted by Crippen LogP contribution is 2.31. The van der Waals surface area contributed by atoms with Crippen molar-refractivity contribution in [1.29, 1.82) is 5.41 Å². The first-order chi connectivity index (χ1) is 12.1. The first-order valence-corrected chi connectivity index (χ1v) is 9.14. The van der Waals surface area contributed by atoms with Crippen molar-refractivity contribution in [3.05, 3.63) is 52.8 Å². The first-order valence-electron chi connectivity index (χ1n) is 7.06. The molecule has 6 nitrogen and oxygen atoms in total. The molecule has 0 fully saturated rings. The first kappa shape index (κ1) is 16.2. The molecule has 2 aliphatic rings. The van der Waals surface area contributed by atoms with Gasteiger partial charge in [0.15, 0.2) is 16.1 Å². The van der Waals surface area contributed by atoms with Crippen LogP contribution in [0.5, 0.6) is 0 Å². The lowest BCUT2D eigenvalue weighted by molar-refractivity contribution is -0.114. The Kier molecular flexibility index (Phi) is 4.24. The number of thioether (sulfide) groups is 1. The second-order valence-electron chi connectivity index (χ2n) is 4.97. The standard InChI is InChI=1S/C16H9ClN4O2S2/c17-9-1-4-11(5-2-9)25-13-6-3-10(23-13)7-12-14(18)21-16(20-15(12)22)24-8-19-21/h1-8,18H/b12-7+,18-14?. The molecule has 2 aromatic rings. The number of benzene rings is 1. The molecule has 2 aliphatic heterocycles. The highest BCUT2D eigenvalue weighted by molar-refractivity contribution is 8.25. The van der Waals surface area contributed by atoms with Crippen LogP contribution in [-0.4, -0.2) is 27.5 Å². The van der Waals surface area contributed by atoms with Crippen molar-refractivity contribution in [3.8, 4) is 0 Å². The zero-order valence-corrected chi connectivity index (χ0v) is 14.9. The second kappa shape index (κ2) is 6.55. The van der Waals surface area contributed by atoms with Crippen molar-refractivity contribution >= 4 is 63.7 Å². The van der Waals surface area contributed by atoms with E-state index in [2.05, 4.69) is 10.1 Å². The minimum Gasteiger partial charge on any atom is -0.450 e. The third-order valence-electron chi connectivity index (χ3n) is 3.32. The highest BCUT2D eigenvalue weighted by atomic mass is 35.5. The number of fused-ring (bicyclic) bond motifs is 1. The molecule has 124 valence electrons. The van der Waals surface area contributed by atoms with Crippen LogP contribution in [-0.2, 0) is 4.79 Å². The number of hydrogen-bond acceptors (Lipinski definition) is 6. The largest absolute Gasteiger partial charge is 0.450 e. The van der Waals surface area contributed by atoms with Gasteiger partial charge >= 0.3 is 0 Å². The van der Waals surface area contributed by atoms with Crippen molar-refractivity contribution in [2.75, 3.05) is 0 Å². The fourth-order valence-corrected chi connectivity index (χ4v) is 3.68. The van der Waals surface area contributed by atoms with Crippen LogP contribution in [0, 0.1) is 5.41 Å². The number of halogens is 1. The lowest BCUT2D eigenvalue weighted by Gasteiger charge is -2.19. The topological polar surface area (TPSA) is 82.0 Å². The molecule has 4 rings (SSSR count). The third-order valence-corrected chi connectivity index (χ3v) is 5.17. The summed E-state index contributed by atoms with van der Waals surface area (Å²) in [4.78, 5) is 17.0. The number of carbonyl (C=O) groups excluding carboxylic acids is 1. The van der Waals surface area contributed by atoms with Crippen LogP contribution in [0.3, 0.4) is 0 Å². The van der Waals surface area contributed by atoms with E-state index < -0.39 is 5.91 Å². The molecule has 1 aromatic carbocycles. The summed E-state index contributed by atoms with van der Waals surface area (Å²) < 4.78 is 5.72. The normalized spacial score (nSPS) is 18.0. The van der Waals surface area contributed by atoms with Gasteiger partial charge in [0.05, 0.1) is 11.1 Å². The lowest BCUT2D eigenvalue weighted by Crippen LogP contribution is -2.35. The molecule has 0 bridgehead atoms. The molecule has 0 saturated carbocycles. The number of rotatable bonds is 3. The van der Waals surface area contributed by atoms with Crippen LogP contribution in [0.25, 0.3) is 6.08 Å². The van der Waals surface area contributed by atoms with E-state index in [4.69, 9.17) is 21.4 Å². The number of carbonyl (C=O) groups is 1. The molecule has 0 aliphatic carbocycles. The summed E-state index contributed by atoms with van der Waals surface area (Å²) in [6, 6.07) is 11.0. The van der Waals surface area contributed by atoms with E-state index in [0.29, 0.717) is 21.0 Å². The molecular formula is C16H9ClN4O2S2. The maximum Gasteiger partial charge on any atom is 0.283 e. The third kappa shape index (κ3) is 3.28. The minimum atomic E-state index is -0.474. The Hall–Kier alpha value is -2.29. The summed E-state index contributed by atoms with van der Waals surface area (Å²) in [5.41, 5.74) is 1.68. The van der Waals surface area contributed by atoms with E-state index in [0.717, 1.165) is 4.90 Å². The fraction of sp³-hybridized carbons (Fsp3) is 0. The van der Waals surface area contributed by atoms with Gasteiger partial charge in [-0.2, -0.15) is 15.1 Å². The molecule has 1 amide bonds. The van der Waals surface area contributed by atoms with E-state index in [1.807, 2.05) is 24.3 Å². The Balaban J connectivity index is 1.57. The van der Waals surface area contributed by atoms with E-state index >= 15 is 0 Å². The van der Waals surface area contributed by atoms with Crippen molar-refractivity contribution in [2.45, 2.75) is 9.99 Å². The maximum atomic E-state index is 12.1. The maximum absolute atomic E-state index is 12.1. The van der Waals surface area contributed by atoms with Crippen LogP contribution in [0.4, 0.5) is 0 Å². The number of aliphatic imine (C=N–C) groups is 1. The Morgan fingerprint density at radius 3 is 2.84 bits per heavy atom. The number of nitrogens with zero attached hydrogens (tertiary/aromatic N) is 3. The van der Waals surface area contributed by atoms with Crippen molar-refractivity contribution < 1.29 is 9.21 Å². The van der Waals surface area contributed by atoms with E-state index in [1.54, 1.807) is 12.1 Å². The van der Waals surface area contributed by atoms with E-state index in [9.17, 15) is 4.79 Å². The van der Waals surface area contributed by atoms with E-state index in [1.165, 1.54) is 40.2 Å². The average Bonchev–Trinajstić information content (AvgIpc) is 3.23. The minimum absolute atomic E-state index is 0.0143. The van der Waals surface area contributed by atoms with E-state index in [-0.39, 0.29) is 11.4 Å². The zero-order valence-electron chi connectivity index (χ0n) is 12.5. The molecule has 0 unspecified atom stereocenters. The molecule has 3 heterocycles. The van der Waals surface area contributed by atoms with Gasteiger partial charge in [0.1, 0.15) is 5.76 Å². The molecule has 1 N–H and O–H groups in total. The molecular weight excluding hydrogens is 380 g/mol. The molecule has 0 radical (unpaired) electrons. The van der Waals surface area contributed by atoms with Gasteiger partial charge in [-0.25, -0.2) is 0 Å². The van der Waals surface area contributed by atoms with Crippen LogP contribution in [0.1, 0.15) is 5.76 Å². The quantitative estimate of drug-likeness (QED) is 0.791. The Morgan fingerprint density at radius 2 is 2.04 bits per heavy atom. The number of amidine groups is 2. The Bertz CT molecular complexity index is 963. The fourth-order valence-electron chi connectivity index (χ4n) is 2.16. The van der Waals surface area contributed by atoms with Gasteiger partial charge in [-0.3, -0.25) is 10.2 Å². The number of nitrogens with one attached hydrogen (secondary N) is 1. The van der Waals surface area contributed by atoms with Crippen molar-refractivity contribution in [1.82, 2.24) is 5.01 Å². The summed E-state index contributed by atoms with van der Waals surface area (Å²) in [6.45, 7) is 0. The summed E-state index contributed by atoms with van der Waals surface area (Å²) in [6.07, 6.45) is 1.51. The molecule has 1 aromatic heterocycles. The molecule has 9 heteroatoms. The Morgan fingerprint density at radius 1 is 1.24 bits per heavy atom. The monoisotopic (exact) mass is 388 g/mol. The molecule has 25 heavy (non-hydrogen) atoms. The predicted octanol–water partition coefficient (Wildman–Crippen LogP) is 4.33. The van der Waals surface area contributed by atoms with Gasteiger partial charge in [0.2, 0.25) is 0 Å². The van der Waals surface area contributed by atoms with Crippen LogP contribution >= 0.6 is 35.1 Å².